The van der Waals surface area contributed by atoms with Gasteiger partial charge in [-0.05, 0) is 19.8 Å². The van der Waals surface area contributed by atoms with Crippen molar-refractivity contribution in [2.24, 2.45) is 0 Å². The molecule has 0 saturated carbocycles. The highest BCUT2D eigenvalue weighted by molar-refractivity contribution is 6.30. The second-order valence-corrected chi connectivity index (χ2v) is 6.26. The lowest BCUT2D eigenvalue weighted by molar-refractivity contribution is 0.358. The Morgan fingerprint density at radius 3 is 3.14 bits per heavy atom. The minimum Gasteiger partial charge on any atom is -0.308 e. The van der Waals surface area contributed by atoms with Crippen LogP contribution in [-0.2, 0) is 26.1 Å². The number of nitrogens with zero attached hydrogens (tertiary/aromatic N) is 5. The maximum atomic E-state index is 6.48. The Labute approximate surface area is 135 Å². The molecule has 1 N–H and O–H groups in total. The summed E-state index contributed by atoms with van der Waals surface area (Å²) in [5.74, 6) is 1.08. The number of aromatic nitrogens is 5. The Bertz CT molecular complexity index is 632. The zero-order valence-electron chi connectivity index (χ0n) is 13.2. The summed E-state index contributed by atoms with van der Waals surface area (Å²) in [6.07, 6.45) is 5.94. The van der Waals surface area contributed by atoms with E-state index in [4.69, 9.17) is 11.6 Å². The predicted molar refractivity (Wildman–Crippen MR) is 85.9 cm³/mol. The van der Waals surface area contributed by atoms with Crippen molar-refractivity contribution < 1.29 is 0 Å². The molecule has 0 amide bonds. The van der Waals surface area contributed by atoms with E-state index >= 15 is 0 Å². The molecule has 0 saturated heterocycles. The van der Waals surface area contributed by atoms with Crippen molar-refractivity contribution in [2.75, 3.05) is 0 Å². The molecule has 0 aromatic carbocycles. The maximum Gasteiger partial charge on any atom is 0.138 e. The van der Waals surface area contributed by atoms with Gasteiger partial charge in [0, 0.05) is 31.1 Å². The van der Waals surface area contributed by atoms with Crippen LogP contribution in [0.2, 0.25) is 5.15 Å². The van der Waals surface area contributed by atoms with Crippen molar-refractivity contribution >= 4 is 11.6 Å². The van der Waals surface area contributed by atoms with Gasteiger partial charge in [-0.2, -0.15) is 10.2 Å². The molecule has 7 heteroatoms. The SMILES string of the molecule is CCCCn1nc(C)c(CN[C@H]2CCc3ncnn3C2)c1Cl. The van der Waals surface area contributed by atoms with E-state index in [2.05, 4.69) is 27.4 Å². The molecule has 120 valence electrons. The van der Waals surface area contributed by atoms with Gasteiger partial charge in [-0.1, -0.05) is 24.9 Å². The molecule has 2 aromatic rings. The van der Waals surface area contributed by atoms with E-state index in [0.29, 0.717) is 6.04 Å². The lowest BCUT2D eigenvalue weighted by Gasteiger charge is -2.23. The molecule has 2 aromatic heterocycles. The highest BCUT2D eigenvalue weighted by Crippen LogP contribution is 2.21. The summed E-state index contributed by atoms with van der Waals surface area (Å²) in [5, 5.41) is 13.2. The van der Waals surface area contributed by atoms with Crippen LogP contribution in [-0.4, -0.2) is 30.6 Å². The second-order valence-electron chi connectivity index (χ2n) is 5.91. The fourth-order valence-corrected chi connectivity index (χ4v) is 3.22. The van der Waals surface area contributed by atoms with Gasteiger partial charge < -0.3 is 5.32 Å². The van der Waals surface area contributed by atoms with Crippen LogP contribution in [0.1, 0.15) is 43.3 Å². The minimum absolute atomic E-state index is 0.406. The monoisotopic (exact) mass is 322 g/mol. The van der Waals surface area contributed by atoms with Crippen molar-refractivity contribution in [1.82, 2.24) is 29.9 Å². The van der Waals surface area contributed by atoms with E-state index in [0.717, 1.165) is 67.6 Å². The van der Waals surface area contributed by atoms with Gasteiger partial charge in [0.15, 0.2) is 0 Å². The first-order valence-corrected chi connectivity index (χ1v) is 8.38. The third-order valence-electron chi connectivity index (χ3n) is 4.28. The number of fused-ring (bicyclic) bond motifs is 1. The Kier molecular flexibility index (Phi) is 4.78. The van der Waals surface area contributed by atoms with Crippen molar-refractivity contribution in [2.45, 2.75) is 65.2 Å². The normalized spacial score (nSPS) is 17.7. The fraction of sp³-hybridized carbons (Fsp3) is 0.667. The molecule has 0 spiro atoms. The van der Waals surface area contributed by atoms with Crippen LogP contribution in [0.3, 0.4) is 0 Å². The first-order valence-electron chi connectivity index (χ1n) is 8.01. The first-order chi connectivity index (χ1) is 10.7. The summed E-state index contributed by atoms with van der Waals surface area (Å²) < 4.78 is 3.91. The number of halogens is 1. The van der Waals surface area contributed by atoms with Gasteiger partial charge in [0.05, 0.1) is 12.2 Å². The van der Waals surface area contributed by atoms with E-state index in [1.807, 2.05) is 16.3 Å². The van der Waals surface area contributed by atoms with Crippen LogP contribution in [0.15, 0.2) is 6.33 Å². The van der Waals surface area contributed by atoms with Crippen molar-refractivity contribution in [3.8, 4) is 0 Å². The minimum atomic E-state index is 0.406. The van der Waals surface area contributed by atoms with Gasteiger partial charge in [0.25, 0.3) is 0 Å². The van der Waals surface area contributed by atoms with Crippen LogP contribution in [0, 0.1) is 6.92 Å². The van der Waals surface area contributed by atoms with Crippen LogP contribution in [0.5, 0.6) is 0 Å². The molecule has 1 atom stereocenters. The molecule has 0 fully saturated rings. The summed E-state index contributed by atoms with van der Waals surface area (Å²) in [4.78, 5) is 4.26. The summed E-state index contributed by atoms with van der Waals surface area (Å²) in [6, 6.07) is 0.406. The smallest absolute Gasteiger partial charge is 0.138 e. The Hall–Kier alpha value is -1.40. The second kappa shape index (κ2) is 6.79. The quantitative estimate of drug-likeness (QED) is 0.886. The molecule has 3 rings (SSSR count). The molecule has 22 heavy (non-hydrogen) atoms. The molecular weight excluding hydrogens is 300 g/mol. The number of hydrogen-bond acceptors (Lipinski definition) is 4. The lowest BCUT2D eigenvalue weighted by atomic mass is 10.1. The molecule has 3 heterocycles. The van der Waals surface area contributed by atoms with Crippen molar-refractivity contribution in [1.29, 1.82) is 0 Å². The summed E-state index contributed by atoms with van der Waals surface area (Å²) in [7, 11) is 0. The van der Waals surface area contributed by atoms with Crippen LogP contribution in [0.25, 0.3) is 0 Å². The number of rotatable bonds is 6. The Morgan fingerprint density at radius 2 is 2.32 bits per heavy atom. The maximum absolute atomic E-state index is 6.48. The molecular formula is C15H23ClN6. The highest BCUT2D eigenvalue weighted by atomic mass is 35.5. The fourth-order valence-electron chi connectivity index (χ4n) is 2.90. The topological polar surface area (TPSA) is 60.6 Å². The largest absolute Gasteiger partial charge is 0.308 e. The first kappa shape index (κ1) is 15.5. The van der Waals surface area contributed by atoms with Gasteiger partial charge in [0.1, 0.15) is 17.3 Å². The molecule has 1 aliphatic rings. The molecule has 0 radical (unpaired) electrons. The zero-order valence-corrected chi connectivity index (χ0v) is 14.0. The highest BCUT2D eigenvalue weighted by Gasteiger charge is 2.20. The summed E-state index contributed by atoms with van der Waals surface area (Å²) in [5.41, 5.74) is 2.13. The summed E-state index contributed by atoms with van der Waals surface area (Å²) >= 11 is 6.48. The number of aryl methyl sites for hydroxylation is 3. The average molecular weight is 323 g/mol. The van der Waals surface area contributed by atoms with E-state index in [9.17, 15) is 0 Å². The third-order valence-corrected chi connectivity index (χ3v) is 4.70. The van der Waals surface area contributed by atoms with Gasteiger partial charge in [-0.15, -0.1) is 0 Å². The van der Waals surface area contributed by atoms with Gasteiger partial charge >= 0.3 is 0 Å². The van der Waals surface area contributed by atoms with Crippen LogP contribution in [0.4, 0.5) is 0 Å². The zero-order chi connectivity index (χ0) is 15.5. The average Bonchev–Trinajstić information content (AvgIpc) is 3.08. The lowest BCUT2D eigenvalue weighted by Crippen LogP contribution is -2.37. The predicted octanol–water partition coefficient (Wildman–Crippen LogP) is 2.34. The van der Waals surface area contributed by atoms with Crippen molar-refractivity contribution in [3.05, 3.63) is 28.6 Å². The number of unbranched alkanes of at least 4 members (excludes halogenated alkanes) is 1. The third kappa shape index (κ3) is 3.17. The van der Waals surface area contributed by atoms with E-state index in [-0.39, 0.29) is 0 Å². The number of nitrogens with one attached hydrogen (secondary N) is 1. The molecule has 0 unspecified atom stereocenters. The van der Waals surface area contributed by atoms with Crippen LogP contribution < -0.4 is 5.32 Å². The standard InChI is InChI=1S/C15H23ClN6/c1-3-4-7-21-15(16)13(11(2)20-21)8-17-12-5-6-14-18-10-19-22(14)9-12/h10,12,17H,3-9H2,1-2H3/t12-/m0/s1. The molecule has 1 aliphatic heterocycles. The molecule has 0 bridgehead atoms. The molecule has 0 aliphatic carbocycles. The van der Waals surface area contributed by atoms with E-state index < -0.39 is 0 Å². The van der Waals surface area contributed by atoms with Gasteiger partial charge in [-0.25, -0.2) is 9.67 Å². The Morgan fingerprint density at radius 1 is 1.45 bits per heavy atom. The number of hydrogen-bond donors (Lipinski definition) is 1. The van der Waals surface area contributed by atoms with Crippen LogP contribution >= 0.6 is 11.6 Å². The van der Waals surface area contributed by atoms with E-state index in [1.165, 1.54) is 0 Å². The molecule has 6 nitrogen and oxygen atoms in total. The Balaban J connectivity index is 1.61. The van der Waals surface area contributed by atoms with Crippen molar-refractivity contribution in [3.63, 3.8) is 0 Å². The van der Waals surface area contributed by atoms with Gasteiger partial charge in [-0.3, -0.25) is 4.68 Å². The van der Waals surface area contributed by atoms with Gasteiger partial charge in [0.2, 0.25) is 0 Å². The van der Waals surface area contributed by atoms with E-state index in [1.54, 1.807) is 6.33 Å². The summed E-state index contributed by atoms with van der Waals surface area (Å²) in [6.45, 7) is 6.72.